The first-order valence-corrected chi connectivity index (χ1v) is 18.3. The van der Waals surface area contributed by atoms with Crippen molar-refractivity contribution in [2.45, 2.75) is 81.4 Å². The number of hydrogen-bond acceptors (Lipinski definition) is 4. The average molecular weight is 752 g/mol. The van der Waals surface area contributed by atoms with Gasteiger partial charge >= 0.3 is 12.4 Å². The minimum absolute atomic E-state index is 0.0525. The van der Waals surface area contributed by atoms with Gasteiger partial charge in [0.25, 0.3) is 0 Å². The van der Waals surface area contributed by atoms with Crippen LogP contribution in [-0.4, -0.2) is 42.2 Å². The van der Waals surface area contributed by atoms with Gasteiger partial charge in [-0.3, -0.25) is 14.9 Å². The number of fused-ring (bicyclic) bond motifs is 3. The van der Waals surface area contributed by atoms with E-state index in [2.05, 4.69) is 16.0 Å². The van der Waals surface area contributed by atoms with Gasteiger partial charge in [0, 0.05) is 24.1 Å². The molecule has 6 rings (SSSR count). The maximum absolute atomic E-state index is 13.7. The van der Waals surface area contributed by atoms with Crippen LogP contribution >= 0.6 is 0 Å². The molecule has 54 heavy (non-hydrogen) atoms. The van der Waals surface area contributed by atoms with Gasteiger partial charge < -0.3 is 15.7 Å². The van der Waals surface area contributed by atoms with Crippen molar-refractivity contribution < 1.29 is 41.0 Å². The summed E-state index contributed by atoms with van der Waals surface area (Å²) in [5.74, 6) is -0.915. The standard InChI is InChI=1S/C42H43F6N3O3/c43-41(44,45)26-50-39(54)40(35-14-6-4-11-32(35)33-12-5-7-15-36(33)40)24-8-1-9-25-49-37(52)28-18-22-30(23-19-28)51-38(53)34-13-3-2-10-31(34)27-16-20-29(21-17-27)42(46,47)48/h2-7,10-17,20-21,28,30,38,51,53H,1,8-9,18-19,22-26H2,(H,49,52)(H,50,54). The Morgan fingerprint density at radius 1 is 0.704 bits per heavy atom. The van der Waals surface area contributed by atoms with Gasteiger partial charge in [-0.2, -0.15) is 26.3 Å². The van der Waals surface area contributed by atoms with E-state index in [-0.39, 0.29) is 17.9 Å². The first kappa shape index (κ1) is 39.0. The molecule has 4 aromatic carbocycles. The summed E-state index contributed by atoms with van der Waals surface area (Å²) in [5, 5.41) is 19.5. The smallest absolute Gasteiger partial charge is 0.374 e. The lowest BCUT2D eigenvalue weighted by Crippen LogP contribution is -2.47. The highest BCUT2D eigenvalue weighted by atomic mass is 19.4. The number of carbonyl (C=O) groups excluding carboxylic acids is 2. The van der Waals surface area contributed by atoms with Gasteiger partial charge in [0.15, 0.2) is 0 Å². The van der Waals surface area contributed by atoms with Gasteiger partial charge in [-0.05, 0) is 84.0 Å². The predicted octanol–water partition coefficient (Wildman–Crippen LogP) is 8.83. The summed E-state index contributed by atoms with van der Waals surface area (Å²) in [6, 6.07) is 26.5. The summed E-state index contributed by atoms with van der Waals surface area (Å²) in [5.41, 5.74) is 2.79. The fourth-order valence-electron chi connectivity index (χ4n) is 8.00. The molecule has 1 fully saturated rings. The predicted molar refractivity (Wildman–Crippen MR) is 194 cm³/mol. The van der Waals surface area contributed by atoms with E-state index in [1.807, 2.05) is 36.4 Å². The van der Waals surface area contributed by atoms with Crippen LogP contribution in [0, 0.1) is 5.92 Å². The average Bonchev–Trinajstić information content (AvgIpc) is 3.45. The number of unbranched alkanes of at least 4 members (excludes halogenated alkanes) is 2. The second-order valence-electron chi connectivity index (χ2n) is 14.2. The summed E-state index contributed by atoms with van der Waals surface area (Å²) < 4.78 is 78.7. The first-order valence-electron chi connectivity index (χ1n) is 18.3. The van der Waals surface area contributed by atoms with Crippen LogP contribution in [0.15, 0.2) is 97.1 Å². The molecule has 0 heterocycles. The number of benzene rings is 4. The quantitative estimate of drug-likeness (QED) is 0.0625. The fourth-order valence-corrected chi connectivity index (χ4v) is 8.00. The molecule has 4 N–H and O–H groups in total. The monoisotopic (exact) mass is 751 g/mol. The van der Waals surface area contributed by atoms with Crippen LogP contribution in [0.1, 0.15) is 79.8 Å². The highest BCUT2D eigenvalue weighted by molar-refractivity contribution is 6.00. The Hall–Kier alpha value is -4.68. The molecule has 0 bridgehead atoms. The molecule has 0 saturated heterocycles. The lowest BCUT2D eigenvalue weighted by molar-refractivity contribution is -0.141. The van der Waals surface area contributed by atoms with Crippen molar-refractivity contribution in [1.29, 1.82) is 0 Å². The number of aliphatic hydroxyl groups is 1. The molecule has 6 nitrogen and oxygen atoms in total. The second kappa shape index (κ2) is 16.4. The molecule has 1 atom stereocenters. The molecule has 12 heteroatoms. The minimum Gasteiger partial charge on any atom is -0.374 e. The number of alkyl halides is 6. The van der Waals surface area contributed by atoms with Crippen LogP contribution in [-0.2, 0) is 21.2 Å². The van der Waals surface area contributed by atoms with Gasteiger partial charge in [-0.15, -0.1) is 0 Å². The summed E-state index contributed by atoms with van der Waals surface area (Å²) >= 11 is 0. The van der Waals surface area contributed by atoms with E-state index in [1.54, 1.807) is 36.4 Å². The third-order valence-corrected chi connectivity index (χ3v) is 10.7. The van der Waals surface area contributed by atoms with Gasteiger partial charge in [0.1, 0.15) is 18.2 Å². The summed E-state index contributed by atoms with van der Waals surface area (Å²) in [6.07, 6.45) is -5.35. The van der Waals surface area contributed by atoms with Gasteiger partial charge in [0.05, 0.1) is 5.56 Å². The van der Waals surface area contributed by atoms with Crippen LogP contribution in [0.25, 0.3) is 22.3 Å². The zero-order valence-electron chi connectivity index (χ0n) is 29.6. The lowest BCUT2D eigenvalue weighted by atomic mass is 9.73. The van der Waals surface area contributed by atoms with E-state index in [4.69, 9.17) is 0 Å². The Labute approximate surface area is 310 Å². The third kappa shape index (κ3) is 8.65. The molecule has 0 aromatic heterocycles. The van der Waals surface area contributed by atoms with Crippen LogP contribution < -0.4 is 16.0 Å². The normalized spacial score (nSPS) is 18.4. The number of nitrogens with one attached hydrogen (secondary N) is 3. The highest BCUT2D eigenvalue weighted by Crippen LogP contribution is 2.51. The lowest BCUT2D eigenvalue weighted by Gasteiger charge is -2.31. The van der Waals surface area contributed by atoms with E-state index >= 15 is 0 Å². The Kier molecular flexibility index (Phi) is 11.8. The van der Waals surface area contributed by atoms with Crippen LogP contribution in [0.5, 0.6) is 0 Å². The highest BCUT2D eigenvalue weighted by Gasteiger charge is 2.49. The molecule has 1 saturated carbocycles. The summed E-state index contributed by atoms with van der Waals surface area (Å²) in [6.45, 7) is -0.987. The number of hydrogen-bond donors (Lipinski definition) is 4. The molecule has 2 aliphatic rings. The van der Waals surface area contributed by atoms with Crippen molar-refractivity contribution in [1.82, 2.24) is 16.0 Å². The van der Waals surface area contributed by atoms with Crippen molar-refractivity contribution in [2.75, 3.05) is 13.1 Å². The first-order chi connectivity index (χ1) is 25.8. The zero-order valence-corrected chi connectivity index (χ0v) is 29.6. The molecule has 4 aromatic rings. The molecule has 2 aliphatic carbocycles. The Balaban J connectivity index is 0.978. The zero-order chi connectivity index (χ0) is 38.5. The van der Waals surface area contributed by atoms with E-state index in [0.717, 1.165) is 23.3 Å². The van der Waals surface area contributed by atoms with Crippen molar-refractivity contribution in [3.8, 4) is 22.3 Å². The number of aliphatic hydroxyl groups excluding tert-OH is 1. The van der Waals surface area contributed by atoms with E-state index in [1.165, 1.54) is 12.1 Å². The van der Waals surface area contributed by atoms with E-state index < -0.39 is 42.0 Å². The maximum atomic E-state index is 13.7. The molecule has 286 valence electrons. The number of carbonyl (C=O) groups is 2. The van der Waals surface area contributed by atoms with Crippen molar-refractivity contribution >= 4 is 11.8 Å². The molecule has 0 aliphatic heterocycles. The molecule has 1 unspecified atom stereocenters. The number of rotatable bonds is 13. The Morgan fingerprint density at radius 3 is 1.87 bits per heavy atom. The van der Waals surface area contributed by atoms with Crippen molar-refractivity contribution in [3.63, 3.8) is 0 Å². The Bertz CT molecular complexity index is 1870. The SMILES string of the molecule is O=C(NCCCCCC1(C(=O)NCC(F)(F)F)c2ccccc2-c2ccccc21)C1CCC(NC(O)c2ccccc2-c2ccc(C(F)(F)F)cc2)CC1. The van der Waals surface area contributed by atoms with Crippen molar-refractivity contribution in [3.05, 3.63) is 119 Å². The van der Waals surface area contributed by atoms with E-state index in [9.17, 15) is 41.0 Å². The minimum atomic E-state index is -4.54. The fraction of sp³-hybridized carbons (Fsp3) is 0.381. The summed E-state index contributed by atoms with van der Waals surface area (Å²) in [4.78, 5) is 26.7. The molecule has 2 amide bonds. The van der Waals surface area contributed by atoms with Crippen LogP contribution in [0.3, 0.4) is 0 Å². The van der Waals surface area contributed by atoms with Crippen LogP contribution in [0.2, 0.25) is 0 Å². The number of amides is 2. The molecule has 0 spiro atoms. The van der Waals surface area contributed by atoms with Crippen molar-refractivity contribution in [2.24, 2.45) is 5.92 Å². The van der Waals surface area contributed by atoms with Gasteiger partial charge in [-0.25, -0.2) is 0 Å². The maximum Gasteiger partial charge on any atom is 0.416 e. The topological polar surface area (TPSA) is 90.5 Å². The molecule has 0 radical (unpaired) electrons. The molecular formula is C42H43F6N3O3. The van der Waals surface area contributed by atoms with E-state index in [0.29, 0.717) is 85.7 Å². The third-order valence-electron chi connectivity index (χ3n) is 10.7. The number of halogens is 6. The van der Waals surface area contributed by atoms with Gasteiger partial charge in [-0.1, -0.05) is 97.8 Å². The summed E-state index contributed by atoms with van der Waals surface area (Å²) in [7, 11) is 0. The van der Waals surface area contributed by atoms with Gasteiger partial charge in [0.2, 0.25) is 11.8 Å². The second-order valence-corrected chi connectivity index (χ2v) is 14.2. The molecular weight excluding hydrogens is 708 g/mol. The van der Waals surface area contributed by atoms with Crippen LogP contribution in [0.4, 0.5) is 26.3 Å². The largest absolute Gasteiger partial charge is 0.416 e. The Morgan fingerprint density at radius 2 is 1.28 bits per heavy atom.